The third kappa shape index (κ3) is 9.60. The van der Waals surface area contributed by atoms with Gasteiger partial charge in [0.05, 0.1) is 27.6 Å². The monoisotopic (exact) mass is 884 g/mol. The number of nitro groups is 1. The molecule has 332 valence electrons. The molecule has 0 radical (unpaired) electrons. The van der Waals surface area contributed by atoms with Gasteiger partial charge in [-0.15, -0.1) is 0 Å². The molecule has 5 heterocycles. The number of carbonyl (C=O) groups excluding carboxylic acids is 1. The summed E-state index contributed by atoms with van der Waals surface area (Å²) in [5.41, 5.74) is 5.86. The van der Waals surface area contributed by atoms with Crippen molar-refractivity contribution in [2.75, 3.05) is 69.7 Å². The number of anilines is 2. The normalized spacial score (nSPS) is 17.7. The Kier molecular flexibility index (Phi) is 12.6. The van der Waals surface area contributed by atoms with Crippen LogP contribution in [0, 0.1) is 16.0 Å². The van der Waals surface area contributed by atoms with Gasteiger partial charge in [0, 0.05) is 82.4 Å². The third-order valence-electron chi connectivity index (χ3n) is 12.6. The predicted molar refractivity (Wildman–Crippen MR) is 246 cm³/mol. The van der Waals surface area contributed by atoms with Gasteiger partial charge in [-0.05, 0) is 109 Å². The maximum atomic E-state index is 14.0. The standard InChI is InChI=1S/C48H52N8O7S/c1-53-21-23-54(24-22-53)32-37-5-2-3-6-41(37)44-7-4-20-55(44)38-11-8-34(9-12-38)35-10-14-42(46(28-35)63-39-27-36-16-19-49-47(36)51-31-39)48(57)52-64(60,61)40-13-15-43(45(29-40)56(58)59)50-30-33-17-25-62-26-18-33/h2-3,5-6,8-16,19,27-29,31,33,44,50H,4,7,17-18,20-26,30,32H2,1H3,(H,49,51)(H,52,57)/t44-/m1/s1. The van der Waals surface area contributed by atoms with E-state index in [1.807, 2.05) is 18.2 Å². The summed E-state index contributed by atoms with van der Waals surface area (Å²) in [6, 6.07) is 29.6. The quantitative estimate of drug-likeness (QED) is 0.0712. The highest BCUT2D eigenvalue weighted by molar-refractivity contribution is 7.90. The van der Waals surface area contributed by atoms with Crippen molar-refractivity contribution in [1.82, 2.24) is 24.5 Å². The highest BCUT2D eigenvalue weighted by Crippen LogP contribution is 2.40. The molecule has 0 saturated carbocycles. The van der Waals surface area contributed by atoms with Crippen LogP contribution in [-0.2, 0) is 21.3 Å². The number of likely N-dealkylation sites (N-methyl/N-ethyl adjacent to an activating group) is 1. The second-order valence-corrected chi connectivity index (χ2v) is 18.6. The average molecular weight is 885 g/mol. The molecule has 15 nitrogen and oxygen atoms in total. The average Bonchev–Trinajstić information content (AvgIpc) is 4.00. The fourth-order valence-electron chi connectivity index (χ4n) is 8.99. The first-order valence-electron chi connectivity index (χ1n) is 21.9. The van der Waals surface area contributed by atoms with Crippen molar-refractivity contribution in [3.05, 3.63) is 136 Å². The molecule has 3 fully saturated rings. The van der Waals surface area contributed by atoms with Gasteiger partial charge in [-0.25, -0.2) is 18.1 Å². The Bertz CT molecular complexity index is 2750. The summed E-state index contributed by atoms with van der Waals surface area (Å²) < 4.78 is 41.3. The van der Waals surface area contributed by atoms with Crippen molar-refractivity contribution in [2.24, 2.45) is 5.92 Å². The molecule has 3 aliphatic heterocycles. The first-order chi connectivity index (χ1) is 31.1. The van der Waals surface area contributed by atoms with Gasteiger partial charge in [0.2, 0.25) is 0 Å². The Morgan fingerprint density at radius 2 is 1.70 bits per heavy atom. The number of aromatic amines is 1. The lowest BCUT2D eigenvalue weighted by Gasteiger charge is -2.34. The van der Waals surface area contributed by atoms with E-state index in [9.17, 15) is 23.3 Å². The number of amides is 1. The minimum atomic E-state index is -4.57. The first kappa shape index (κ1) is 42.9. The SMILES string of the molecule is CN1CCN(Cc2ccccc2[C@H]2CCCN2c2ccc(-c3ccc(C(=O)NS(=O)(=O)c4ccc(NCC5CCOCC5)c([N+](=O)[O-])c4)c(Oc4cnc5[nH]ccc5c4)c3)cc2)CC1. The summed E-state index contributed by atoms with van der Waals surface area (Å²) in [6.07, 6.45) is 7.08. The van der Waals surface area contributed by atoms with Crippen molar-refractivity contribution in [3.63, 3.8) is 0 Å². The topological polar surface area (TPSA) is 175 Å². The van der Waals surface area contributed by atoms with Crippen LogP contribution in [0.4, 0.5) is 17.1 Å². The number of sulfonamides is 1. The Labute approximate surface area is 372 Å². The predicted octanol–water partition coefficient (Wildman–Crippen LogP) is 7.98. The molecule has 0 unspecified atom stereocenters. The fourth-order valence-corrected chi connectivity index (χ4v) is 9.98. The molecule has 1 atom stereocenters. The van der Waals surface area contributed by atoms with Gasteiger partial charge in [-0.1, -0.05) is 42.5 Å². The van der Waals surface area contributed by atoms with Crippen LogP contribution in [0.15, 0.2) is 114 Å². The molecule has 6 aromatic rings. The van der Waals surface area contributed by atoms with Crippen LogP contribution >= 0.6 is 0 Å². The van der Waals surface area contributed by atoms with Crippen LogP contribution in [0.2, 0.25) is 0 Å². The number of hydrogen-bond acceptors (Lipinski definition) is 12. The lowest BCUT2D eigenvalue weighted by molar-refractivity contribution is -0.384. The maximum Gasteiger partial charge on any atom is 0.293 e. The minimum absolute atomic E-state index is 0.0579. The van der Waals surface area contributed by atoms with Gasteiger partial charge >= 0.3 is 0 Å². The Morgan fingerprint density at radius 1 is 0.922 bits per heavy atom. The molecule has 0 aliphatic carbocycles. The van der Waals surface area contributed by atoms with Crippen molar-refractivity contribution in [3.8, 4) is 22.6 Å². The molecule has 9 rings (SSSR count). The number of hydrogen-bond donors (Lipinski definition) is 3. The zero-order valence-electron chi connectivity index (χ0n) is 35.7. The number of pyridine rings is 1. The number of rotatable bonds is 14. The third-order valence-corrected chi connectivity index (χ3v) is 14.0. The van der Waals surface area contributed by atoms with E-state index in [2.05, 4.69) is 78.2 Å². The number of benzene rings is 4. The molecule has 2 aromatic heterocycles. The van der Waals surface area contributed by atoms with E-state index >= 15 is 0 Å². The zero-order chi connectivity index (χ0) is 44.2. The largest absolute Gasteiger partial charge is 0.455 e. The second kappa shape index (κ2) is 18.8. The summed E-state index contributed by atoms with van der Waals surface area (Å²) in [7, 11) is -2.39. The van der Waals surface area contributed by atoms with E-state index in [4.69, 9.17) is 9.47 Å². The van der Waals surface area contributed by atoms with Crippen molar-refractivity contribution < 1.29 is 27.6 Å². The summed E-state index contributed by atoms with van der Waals surface area (Å²) in [4.78, 5) is 39.9. The number of nitro benzene ring substituents is 1. The van der Waals surface area contributed by atoms with Crippen LogP contribution in [0.25, 0.3) is 22.2 Å². The number of carbonyl (C=O) groups is 1. The second-order valence-electron chi connectivity index (χ2n) is 16.9. The van der Waals surface area contributed by atoms with Crippen molar-refractivity contribution >= 4 is 44.0 Å². The number of nitrogens with zero attached hydrogens (tertiary/aromatic N) is 5. The van der Waals surface area contributed by atoms with Gasteiger partial charge in [0.15, 0.2) is 0 Å². The van der Waals surface area contributed by atoms with Gasteiger partial charge in [-0.2, -0.15) is 0 Å². The molecule has 16 heteroatoms. The van der Waals surface area contributed by atoms with Crippen molar-refractivity contribution in [1.29, 1.82) is 0 Å². The van der Waals surface area contributed by atoms with E-state index in [-0.39, 0.29) is 29.0 Å². The van der Waals surface area contributed by atoms with Gasteiger partial charge in [0.1, 0.15) is 22.8 Å². The molecule has 3 N–H and O–H groups in total. The first-order valence-corrected chi connectivity index (χ1v) is 23.3. The van der Waals surface area contributed by atoms with E-state index in [0.717, 1.165) is 93.2 Å². The lowest BCUT2D eigenvalue weighted by atomic mass is 9.97. The molecule has 64 heavy (non-hydrogen) atoms. The van der Waals surface area contributed by atoms with Crippen LogP contribution in [0.1, 0.15) is 53.2 Å². The Morgan fingerprint density at radius 3 is 2.50 bits per heavy atom. The lowest BCUT2D eigenvalue weighted by Crippen LogP contribution is -2.44. The van der Waals surface area contributed by atoms with E-state index in [1.54, 1.807) is 24.4 Å². The summed E-state index contributed by atoms with van der Waals surface area (Å²) in [6.45, 7) is 7.90. The minimum Gasteiger partial charge on any atom is -0.455 e. The van der Waals surface area contributed by atoms with E-state index < -0.39 is 31.4 Å². The fraction of sp³-hybridized carbons (Fsp3) is 0.333. The maximum absolute atomic E-state index is 14.0. The number of nitrogens with one attached hydrogen (secondary N) is 3. The van der Waals surface area contributed by atoms with Crippen LogP contribution in [-0.4, -0.2) is 98.5 Å². The molecular formula is C48H52N8O7S. The number of ether oxygens (including phenoxy) is 2. The highest BCUT2D eigenvalue weighted by atomic mass is 32.2. The summed E-state index contributed by atoms with van der Waals surface area (Å²) in [5, 5.41) is 16.0. The zero-order valence-corrected chi connectivity index (χ0v) is 36.6. The van der Waals surface area contributed by atoms with E-state index in [0.29, 0.717) is 31.2 Å². The van der Waals surface area contributed by atoms with E-state index in [1.165, 1.54) is 35.5 Å². The molecule has 1 amide bonds. The van der Waals surface area contributed by atoms with Crippen LogP contribution in [0.3, 0.4) is 0 Å². The smallest absolute Gasteiger partial charge is 0.293 e. The van der Waals surface area contributed by atoms with Crippen LogP contribution < -0.4 is 19.7 Å². The molecule has 4 aromatic carbocycles. The number of piperazine rings is 1. The molecule has 3 saturated heterocycles. The number of fused-ring (bicyclic) bond motifs is 1. The number of H-pyrrole nitrogens is 1. The Balaban J connectivity index is 0.960. The van der Waals surface area contributed by atoms with Gasteiger partial charge in [-0.3, -0.25) is 19.8 Å². The summed E-state index contributed by atoms with van der Waals surface area (Å²) >= 11 is 0. The van der Waals surface area contributed by atoms with Gasteiger partial charge in [0.25, 0.3) is 21.6 Å². The molecule has 3 aliphatic rings. The van der Waals surface area contributed by atoms with Crippen LogP contribution in [0.5, 0.6) is 11.5 Å². The highest BCUT2D eigenvalue weighted by Gasteiger charge is 2.30. The molecule has 0 bridgehead atoms. The number of aromatic nitrogens is 2. The molecular weight excluding hydrogens is 833 g/mol. The Hall–Kier alpha value is -6.33. The van der Waals surface area contributed by atoms with Crippen molar-refractivity contribution in [2.45, 2.75) is 43.2 Å². The molecule has 0 spiro atoms. The summed E-state index contributed by atoms with van der Waals surface area (Å²) in [5.74, 6) is -0.261. The van der Waals surface area contributed by atoms with Gasteiger partial charge < -0.3 is 29.6 Å².